The van der Waals surface area contributed by atoms with Crippen molar-refractivity contribution < 1.29 is 4.39 Å². The number of nitrogens with zero attached hydrogens (tertiary/aromatic N) is 4. The van der Waals surface area contributed by atoms with Gasteiger partial charge in [-0.2, -0.15) is 4.98 Å². The number of aromatic nitrogens is 5. The summed E-state index contributed by atoms with van der Waals surface area (Å²) in [6, 6.07) is 14.3. The fourth-order valence-corrected chi connectivity index (χ4v) is 6.70. The van der Waals surface area contributed by atoms with Crippen LogP contribution in [0.25, 0.3) is 28.0 Å². The number of nitrogens with one attached hydrogen (secondary N) is 2. The van der Waals surface area contributed by atoms with Crippen LogP contribution in [0.4, 0.5) is 4.39 Å². The van der Waals surface area contributed by atoms with Crippen molar-refractivity contribution in [2.45, 2.75) is 82.8 Å². The van der Waals surface area contributed by atoms with Gasteiger partial charge >= 0.3 is 5.69 Å². The highest BCUT2D eigenvalue weighted by molar-refractivity contribution is 6.31. The Kier molecular flexibility index (Phi) is 9.49. The van der Waals surface area contributed by atoms with Crippen molar-refractivity contribution in [3.05, 3.63) is 99.3 Å². The molecule has 4 N–H and O–H groups in total. The number of fused-ring (bicyclic) bond motifs is 1. The normalized spacial score (nSPS) is 17.6. The molecule has 2 aromatic carbocycles. The molecule has 1 saturated heterocycles. The highest BCUT2D eigenvalue weighted by Crippen LogP contribution is 2.32. The summed E-state index contributed by atoms with van der Waals surface area (Å²) in [5, 5.41) is 4.62. The van der Waals surface area contributed by atoms with E-state index in [-0.39, 0.29) is 17.1 Å². The molecule has 0 amide bonds. The molecular weight excluding hydrogens is 589 g/mol. The molecule has 0 unspecified atom stereocenters. The van der Waals surface area contributed by atoms with Crippen LogP contribution in [0.3, 0.4) is 0 Å². The Morgan fingerprint density at radius 2 is 1.96 bits per heavy atom. The van der Waals surface area contributed by atoms with Crippen LogP contribution in [0.1, 0.15) is 74.9 Å². The lowest BCUT2D eigenvalue weighted by Gasteiger charge is -2.31. The van der Waals surface area contributed by atoms with Gasteiger partial charge in [0.2, 0.25) is 0 Å². The molecule has 45 heavy (non-hydrogen) atoms. The van der Waals surface area contributed by atoms with Gasteiger partial charge in [-0.25, -0.2) is 14.2 Å². The Labute approximate surface area is 267 Å². The molecule has 4 heterocycles. The Morgan fingerprint density at radius 3 is 2.71 bits per heavy atom. The summed E-state index contributed by atoms with van der Waals surface area (Å²) in [5.41, 5.74) is 9.65. The number of imidazole rings is 1. The number of nitrogens with two attached hydrogens (primary N) is 1. The van der Waals surface area contributed by atoms with Gasteiger partial charge in [0.1, 0.15) is 11.5 Å². The second-order valence-electron chi connectivity index (χ2n) is 12.5. The number of hydrogen-bond donors (Lipinski definition) is 3. The third kappa shape index (κ3) is 7.21. The topological polar surface area (TPSA) is 107 Å². The van der Waals surface area contributed by atoms with Crippen molar-refractivity contribution in [2.75, 3.05) is 0 Å². The number of benzene rings is 2. The molecule has 10 heteroatoms. The maximum Gasteiger partial charge on any atom is 0.354 e. The van der Waals surface area contributed by atoms with E-state index in [1.54, 1.807) is 12.3 Å². The Balaban J connectivity index is 1.16. The van der Waals surface area contributed by atoms with Gasteiger partial charge in [0.15, 0.2) is 5.82 Å². The lowest BCUT2D eigenvalue weighted by atomic mass is 9.91. The molecule has 3 aromatic heterocycles. The molecule has 8 nitrogen and oxygen atoms in total. The average molecular weight is 630 g/mol. The molecule has 1 fully saturated rings. The molecule has 0 spiro atoms. The number of aryl methyl sites for hydroxylation is 3. The van der Waals surface area contributed by atoms with Crippen LogP contribution in [0, 0.1) is 5.82 Å². The van der Waals surface area contributed by atoms with Crippen molar-refractivity contribution in [1.82, 2.24) is 29.4 Å². The monoisotopic (exact) mass is 629 g/mol. The van der Waals surface area contributed by atoms with Gasteiger partial charge in [-0.05, 0) is 93.3 Å². The number of aromatic amines is 1. The molecule has 0 aliphatic carbocycles. The third-order valence-electron chi connectivity index (χ3n) is 8.94. The summed E-state index contributed by atoms with van der Waals surface area (Å²) < 4.78 is 18.8. The number of hydrogen-bond acceptors (Lipinski definition) is 5. The summed E-state index contributed by atoms with van der Waals surface area (Å²) >= 11 is 6.27. The summed E-state index contributed by atoms with van der Waals surface area (Å²) in [6.07, 6.45) is 14.8. The van der Waals surface area contributed by atoms with Gasteiger partial charge in [-0.15, -0.1) is 0 Å². The third-order valence-corrected chi connectivity index (χ3v) is 9.22. The molecular formula is C35H41ClFN7O. The average Bonchev–Trinajstić information content (AvgIpc) is 3.63. The first-order valence-electron chi connectivity index (χ1n) is 15.9. The van der Waals surface area contributed by atoms with E-state index in [2.05, 4.69) is 37.0 Å². The minimum atomic E-state index is -0.503. The highest BCUT2D eigenvalue weighted by atomic mass is 35.5. The molecule has 0 radical (unpaired) electrons. The van der Waals surface area contributed by atoms with Crippen molar-refractivity contribution in [3.8, 4) is 16.9 Å². The number of piperidine rings is 1. The van der Waals surface area contributed by atoms with Crippen molar-refractivity contribution >= 4 is 22.6 Å². The Morgan fingerprint density at radius 1 is 1.13 bits per heavy atom. The summed E-state index contributed by atoms with van der Waals surface area (Å²) in [5.74, 6) is 0.628. The quantitative estimate of drug-likeness (QED) is 0.149. The molecule has 236 valence electrons. The van der Waals surface area contributed by atoms with Crippen LogP contribution in [0.15, 0.2) is 65.8 Å². The van der Waals surface area contributed by atoms with Crippen molar-refractivity contribution in [1.29, 1.82) is 0 Å². The zero-order valence-corrected chi connectivity index (χ0v) is 26.7. The SMILES string of the molecule is C[C@H](N)CCCc1cc(Cl)c(F)c(-c2cc3cn(-c4ccc([C@@H]5CCC[C@@H](CCCc6nccn6C)N5)cc4)c(=O)nc3[nH]2)c1. The Hall–Kier alpha value is -3.79. The zero-order chi connectivity index (χ0) is 31.5. The van der Waals surface area contributed by atoms with E-state index >= 15 is 4.39 Å². The first-order chi connectivity index (χ1) is 21.7. The predicted octanol–water partition coefficient (Wildman–Crippen LogP) is 6.78. The lowest BCUT2D eigenvalue weighted by molar-refractivity contribution is 0.307. The molecule has 3 atom stereocenters. The van der Waals surface area contributed by atoms with Crippen molar-refractivity contribution in [3.63, 3.8) is 0 Å². The second-order valence-corrected chi connectivity index (χ2v) is 12.9. The van der Waals surface area contributed by atoms with Crippen LogP contribution in [0.5, 0.6) is 0 Å². The van der Waals surface area contributed by atoms with Gasteiger partial charge in [0, 0.05) is 61.1 Å². The van der Waals surface area contributed by atoms with Gasteiger partial charge in [0.25, 0.3) is 0 Å². The largest absolute Gasteiger partial charge is 0.354 e. The zero-order valence-electron chi connectivity index (χ0n) is 25.9. The standard InChI is InChI=1S/C35H41ClFN7O/c1-22(38)6-3-7-23-18-28(33(37)29(36)19-23)31-20-25-21-44(35(45)42-34(25)41-31)27-14-12-24(13-15-27)30-10-4-8-26(40-30)9-5-11-32-39-16-17-43(32)2/h12-22,26,30,40H,3-11,38H2,1-2H3,(H,41,42,45)/t22-,26-,30-/m0/s1. The van der Waals surface area contributed by atoms with Crippen LogP contribution >= 0.6 is 11.6 Å². The fraction of sp³-hybridized carbons (Fsp3) is 0.400. The van der Waals surface area contributed by atoms with Crippen molar-refractivity contribution in [2.24, 2.45) is 12.8 Å². The van der Waals surface area contributed by atoms with Gasteiger partial charge in [-0.1, -0.05) is 30.2 Å². The fourth-order valence-electron chi connectivity index (χ4n) is 6.46. The molecule has 1 aliphatic heterocycles. The summed E-state index contributed by atoms with van der Waals surface area (Å²) in [4.78, 5) is 24.9. The van der Waals surface area contributed by atoms with E-state index in [0.29, 0.717) is 28.3 Å². The summed E-state index contributed by atoms with van der Waals surface area (Å²) in [6.45, 7) is 1.97. The summed E-state index contributed by atoms with van der Waals surface area (Å²) in [7, 11) is 2.04. The second kappa shape index (κ2) is 13.7. The van der Waals surface area contributed by atoms with Crippen LogP contribution < -0.4 is 16.7 Å². The molecule has 1 aliphatic rings. The van der Waals surface area contributed by atoms with Gasteiger partial charge in [0.05, 0.1) is 16.4 Å². The minimum Gasteiger partial charge on any atom is -0.339 e. The van der Waals surface area contributed by atoms with Crippen LogP contribution in [-0.4, -0.2) is 36.2 Å². The van der Waals surface area contributed by atoms with E-state index in [1.165, 1.54) is 23.0 Å². The van der Waals surface area contributed by atoms with Crippen LogP contribution in [0.2, 0.25) is 5.02 Å². The lowest BCUT2D eigenvalue weighted by Crippen LogP contribution is -2.37. The van der Waals surface area contributed by atoms with Crippen LogP contribution in [-0.2, 0) is 19.9 Å². The van der Waals surface area contributed by atoms with E-state index in [9.17, 15) is 4.79 Å². The first-order valence-corrected chi connectivity index (χ1v) is 16.3. The van der Waals surface area contributed by atoms with E-state index < -0.39 is 11.5 Å². The smallest absolute Gasteiger partial charge is 0.339 e. The molecule has 0 bridgehead atoms. The Bertz CT molecular complexity index is 1820. The van der Waals surface area contributed by atoms with Gasteiger partial charge in [-0.3, -0.25) is 4.57 Å². The predicted molar refractivity (Wildman–Crippen MR) is 178 cm³/mol. The molecule has 0 saturated carbocycles. The minimum absolute atomic E-state index is 0.0674. The highest BCUT2D eigenvalue weighted by Gasteiger charge is 2.22. The number of H-pyrrole nitrogens is 1. The maximum atomic E-state index is 15.2. The maximum absolute atomic E-state index is 15.2. The molecule has 6 rings (SSSR count). The van der Waals surface area contributed by atoms with E-state index in [1.807, 2.05) is 50.6 Å². The van der Waals surface area contributed by atoms with E-state index in [0.717, 1.165) is 62.0 Å². The number of halogens is 2. The first kappa shape index (κ1) is 31.2. The molecule has 5 aromatic rings. The van der Waals surface area contributed by atoms with E-state index in [4.69, 9.17) is 17.3 Å². The van der Waals surface area contributed by atoms with Gasteiger partial charge < -0.3 is 20.6 Å². The number of rotatable bonds is 11.